The highest BCUT2D eigenvalue weighted by Gasteiger charge is 2.49. The molecule has 176 valence electrons. The topological polar surface area (TPSA) is 105 Å². The van der Waals surface area contributed by atoms with Crippen LogP contribution >= 0.6 is 11.8 Å². The van der Waals surface area contributed by atoms with Crippen molar-refractivity contribution in [1.82, 2.24) is 5.32 Å². The molecule has 2 saturated heterocycles. The van der Waals surface area contributed by atoms with E-state index >= 15 is 0 Å². The van der Waals surface area contributed by atoms with Crippen LogP contribution in [0.3, 0.4) is 0 Å². The van der Waals surface area contributed by atoms with E-state index in [4.69, 9.17) is 4.74 Å². The molecule has 1 aromatic rings. The monoisotopic (exact) mass is 481 g/mol. The van der Waals surface area contributed by atoms with Gasteiger partial charge in [0.15, 0.2) is 15.0 Å². The molecule has 2 aliphatic heterocycles. The number of sulfone groups is 1. The zero-order chi connectivity index (χ0) is 23.7. The van der Waals surface area contributed by atoms with Gasteiger partial charge in [0.1, 0.15) is 5.60 Å². The minimum Gasteiger partial charge on any atom is -0.444 e. The second kappa shape index (κ2) is 9.43. The van der Waals surface area contributed by atoms with E-state index in [0.29, 0.717) is 5.17 Å². The number of carbonyl (C=O) groups is 2. The van der Waals surface area contributed by atoms with Gasteiger partial charge in [-0.15, -0.1) is 0 Å². The standard InChI is InChI=1S/C22H31N3O5S2/c1-14(2)15-8-6-7-9-16(15)25-17-12-32(28,29)13-18(17)31-20(25)24-19(26)10-11-23-21(27)30-22(3,4)5/h6-9,14,17-18H,10-13H2,1-5H3,(H,23,27)/t17-,18+/m0/s1. The quantitative estimate of drug-likeness (QED) is 0.688. The van der Waals surface area contributed by atoms with Crippen molar-refractivity contribution in [2.75, 3.05) is 23.0 Å². The summed E-state index contributed by atoms with van der Waals surface area (Å²) in [6.07, 6.45) is -0.559. The van der Waals surface area contributed by atoms with Crippen molar-refractivity contribution in [2.24, 2.45) is 4.99 Å². The summed E-state index contributed by atoms with van der Waals surface area (Å²) >= 11 is 1.35. The molecule has 2 fully saturated rings. The summed E-state index contributed by atoms with van der Waals surface area (Å²) in [5, 5.41) is 2.92. The molecule has 10 heteroatoms. The molecular weight excluding hydrogens is 450 g/mol. The Morgan fingerprint density at radius 3 is 2.59 bits per heavy atom. The first-order valence-electron chi connectivity index (χ1n) is 10.7. The molecule has 32 heavy (non-hydrogen) atoms. The highest BCUT2D eigenvalue weighted by atomic mass is 32.2. The maximum Gasteiger partial charge on any atom is 0.407 e. The lowest BCUT2D eigenvalue weighted by Gasteiger charge is -2.28. The van der Waals surface area contributed by atoms with Gasteiger partial charge in [-0.1, -0.05) is 43.8 Å². The molecule has 1 N–H and O–H groups in total. The number of benzene rings is 1. The first-order chi connectivity index (χ1) is 14.9. The van der Waals surface area contributed by atoms with Gasteiger partial charge in [0.05, 0.1) is 17.5 Å². The van der Waals surface area contributed by atoms with Gasteiger partial charge in [-0.25, -0.2) is 13.2 Å². The van der Waals surface area contributed by atoms with Crippen LogP contribution in [0.5, 0.6) is 0 Å². The number of rotatable bonds is 5. The van der Waals surface area contributed by atoms with Gasteiger partial charge in [0, 0.05) is 23.9 Å². The van der Waals surface area contributed by atoms with Crippen LogP contribution in [0.2, 0.25) is 0 Å². The summed E-state index contributed by atoms with van der Waals surface area (Å²) in [4.78, 5) is 30.6. The Bertz CT molecular complexity index is 1010. The summed E-state index contributed by atoms with van der Waals surface area (Å²) < 4.78 is 29.7. The van der Waals surface area contributed by atoms with Crippen molar-refractivity contribution >= 4 is 44.5 Å². The molecule has 0 bridgehead atoms. The Hall–Kier alpha value is -2.07. The van der Waals surface area contributed by atoms with Gasteiger partial charge in [-0.2, -0.15) is 4.99 Å². The molecular formula is C22H31N3O5S2. The fraction of sp³-hybridized carbons (Fsp3) is 0.591. The molecule has 0 unspecified atom stereocenters. The van der Waals surface area contributed by atoms with E-state index in [0.717, 1.165) is 11.3 Å². The molecule has 8 nitrogen and oxygen atoms in total. The fourth-order valence-electron chi connectivity index (χ4n) is 3.79. The summed E-state index contributed by atoms with van der Waals surface area (Å²) in [6, 6.07) is 7.58. The number of anilines is 1. The van der Waals surface area contributed by atoms with Crippen LogP contribution in [0.25, 0.3) is 0 Å². The van der Waals surface area contributed by atoms with Crippen molar-refractivity contribution in [1.29, 1.82) is 0 Å². The molecule has 3 rings (SSSR count). The third-order valence-corrected chi connectivity index (χ3v) is 8.32. The van der Waals surface area contributed by atoms with E-state index in [1.54, 1.807) is 20.8 Å². The minimum atomic E-state index is -3.13. The van der Waals surface area contributed by atoms with Crippen LogP contribution in [0.1, 0.15) is 52.5 Å². The fourth-order valence-corrected chi connectivity index (χ4v) is 7.71. The van der Waals surface area contributed by atoms with Crippen molar-refractivity contribution in [3.63, 3.8) is 0 Å². The van der Waals surface area contributed by atoms with Crippen LogP contribution < -0.4 is 10.2 Å². The summed E-state index contributed by atoms with van der Waals surface area (Å²) in [6.45, 7) is 9.56. The Morgan fingerprint density at radius 2 is 1.94 bits per heavy atom. The number of ether oxygens (including phenoxy) is 1. The highest BCUT2D eigenvalue weighted by Crippen LogP contribution is 2.43. The van der Waals surface area contributed by atoms with Crippen LogP contribution in [0.4, 0.5) is 10.5 Å². The molecule has 2 atom stereocenters. The van der Waals surface area contributed by atoms with Gasteiger partial charge in [0.2, 0.25) is 5.91 Å². The van der Waals surface area contributed by atoms with Crippen LogP contribution in [0.15, 0.2) is 29.3 Å². The molecule has 0 radical (unpaired) electrons. The number of amides is 2. The molecule has 2 heterocycles. The lowest BCUT2D eigenvalue weighted by atomic mass is 9.99. The predicted molar refractivity (Wildman–Crippen MR) is 128 cm³/mol. The van der Waals surface area contributed by atoms with Crippen molar-refractivity contribution in [3.05, 3.63) is 29.8 Å². The Balaban J connectivity index is 1.78. The van der Waals surface area contributed by atoms with Gasteiger partial charge in [-0.3, -0.25) is 4.79 Å². The molecule has 0 aromatic heterocycles. The largest absolute Gasteiger partial charge is 0.444 e. The predicted octanol–water partition coefficient (Wildman–Crippen LogP) is 3.33. The number of carbonyl (C=O) groups excluding carboxylic acids is 2. The smallest absolute Gasteiger partial charge is 0.407 e. The summed E-state index contributed by atoms with van der Waals surface area (Å²) in [7, 11) is -3.13. The molecule has 1 aromatic carbocycles. The molecule has 0 aliphatic carbocycles. The van der Waals surface area contributed by atoms with Crippen molar-refractivity contribution in [2.45, 2.75) is 63.9 Å². The third-order valence-electron chi connectivity index (χ3n) is 5.11. The molecule has 0 spiro atoms. The summed E-state index contributed by atoms with van der Waals surface area (Å²) in [5.74, 6) is -0.0257. The average Bonchev–Trinajstić information content (AvgIpc) is 3.10. The average molecular weight is 482 g/mol. The molecule has 2 aliphatic rings. The Labute approximate surface area is 194 Å². The Morgan fingerprint density at radius 1 is 1.25 bits per heavy atom. The molecule has 0 saturated carbocycles. The second-order valence-corrected chi connectivity index (χ2v) is 12.7. The first kappa shape index (κ1) is 24.6. The van der Waals surface area contributed by atoms with Crippen molar-refractivity contribution < 1.29 is 22.7 Å². The maximum absolute atomic E-state index is 12.6. The number of thioether (sulfide) groups is 1. The number of nitrogens with zero attached hydrogens (tertiary/aromatic N) is 2. The zero-order valence-electron chi connectivity index (χ0n) is 19.1. The van der Waals surface area contributed by atoms with Crippen molar-refractivity contribution in [3.8, 4) is 0 Å². The number of nitrogens with one attached hydrogen (secondary N) is 1. The summed E-state index contributed by atoms with van der Waals surface area (Å²) in [5.41, 5.74) is 1.35. The van der Waals surface area contributed by atoms with Gasteiger partial charge < -0.3 is 15.0 Å². The Kier molecular flexibility index (Phi) is 7.24. The number of alkyl carbamates (subject to hydrolysis) is 1. The zero-order valence-corrected chi connectivity index (χ0v) is 20.8. The second-order valence-electron chi connectivity index (χ2n) is 9.35. The minimum absolute atomic E-state index is 0.0244. The lowest BCUT2D eigenvalue weighted by Crippen LogP contribution is -2.38. The number of hydrogen-bond donors (Lipinski definition) is 1. The SMILES string of the molecule is CC(C)c1ccccc1N1C(=NC(=O)CCNC(=O)OC(C)(C)C)S[C@@H]2CS(=O)(=O)C[C@@H]21. The van der Waals surface area contributed by atoms with Crippen LogP contribution in [-0.4, -0.2) is 60.5 Å². The van der Waals surface area contributed by atoms with E-state index in [1.807, 2.05) is 29.2 Å². The van der Waals surface area contributed by atoms with E-state index in [1.165, 1.54) is 11.8 Å². The number of aliphatic imine (C=N–C) groups is 1. The third kappa shape index (κ3) is 6.04. The normalized spacial score (nSPS) is 23.4. The van der Waals surface area contributed by atoms with Crippen LogP contribution in [0, 0.1) is 0 Å². The maximum atomic E-state index is 12.6. The number of hydrogen-bond acceptors (Lipinski definition) is 6. The van der Waals surface area contributed by atoms with Gasteiger partial charge in [-0.05, 0) is 38.3 Å². The number of amidine groups is 1. The van der Waals surface area contributed by atoms with E-state index in [2.05, 4.69) is 24.2 Å². The molecule has 2 amide bonds. The van der Waals surface area contributed by atoms with Crippen LogP contribution in [-0.2, 0) is 19.4 Å². The number of fused-ring (bicyclic) bond motifs is 1. The van der Waals surface area contributed by atoms with Gasteiger partial charge in [0.25, 0.3) is 0 Å². The van der Waals surface area contributed by atoms with Gasteiger partial charge >= 0.3 is 6.09 Å². The first-order valence-corrected chi connectivity index (χ1v) is 13.4. The lowest BCUT2D eigenvalue weighted by molar-refractivity contribution is -0.117. The van der Waals surface area contributed by atoms with E-state index in [9.17, 15) is 18.0 Å². The van der Waals surface area contributed by atoms with E-state index in [-0.39, 0.29) is 47.6 Å². The van der Waals surface area contributed by atoms with E-state index < -0.39 is 21.5 Å². The highest BCUT2D eigenvalue weighted by molar-refractivity contribution is 8.16. The number of para-hydroxylation sites is 1.